The summed E-state index contributed by atoms with van der Waals surface area (Å²) >= 11 is 0. The number of hydrogen-bond acceptors (Lipinski definition) is 2. The van der Waals surface area contributed by atoms with Crippen molar-refractivity contribution in [1.82, 2.24) is 5.32 Å². The van der Waals surface area contributed by atoms with Crippen molar-refractivity contribution in [2.45, 2.75) is 39.2 Å². The van der Waals surface area contributed by atoms with Gasteiger partial charge in [-0.3, -0.25) is 4.79 Å². The lowest BCUT2D eigenvalue weighted by Gasteiger charge is -2.11. The van der Waals surface area contributed by atoms with Gasteiger partial charge in [-0.05, 0) is 18.9 Å². The van der Waals surface area contributed by atoms with Crippen LogP contribution in [0.2, 0.25) is 0 Å². The predicted octanol–water partition coefficient (Wildman–Crippen LogP) is 1.35. The van der Waals surface area contributed by atoms with Crippen molar-refractivity contribution in [3.63, 3.8) is 0 Å². The molecule has 1 N–H and O–H groups in total. The summed E-state index contributed by atoms with van der Waals surface area (Å²) < 4.78 is 0. The highest BCUT2D eigenvalue weighted by molar-refractivity contribution is 5.80. The molecule has 0 aromatic heterocycles. The zero-order valence-electron chi connectivity index (χ0n) is 7.39. The minimum Gasteiger partial charge on any atom is -0.314 e. The SMILES string of the molecule is CC(C)NC[C@@H]1CCC(=O)C1. The van der Waals surface area contributed by atoms with Crippen LogP contribution in [0.3, 0.4) is 0 Å². The highest BCUT2D eigenvalue weighted by Crippen LogP contribution is 2.20. The molecule has 0 aliphatic heterocycles. The number of hydrogen-bond donors (Lipinski definition) is 1. The molecule has 1 rings (SSSR count). The average Bonchev–Trinajstić information content (AvgIpc) is 2.31. The van der Waals surface area contributed by atoms with E-state index < -0.39 is 0 Å². The molecule has 0 aromatic rings. The molecule has 1 atom stereocenters. The van der Waals surface area contributed by atoms with Crippen LogP contribution in [0.1, 0.15) is 33.1 Å². The van der Waals surface area contributed by atoms with Gasteiger partial charge in [0.25, 0.3) is 0 Å². The quantitative estimate of drug-likeness (QED) is 0.666. The molecule has 0 spiro atoms. The van der Waals surface area contributed by atoms with Crippen molar-refractivity contribution in [3.8, 4) is 0 Å². The van der Waals surface area contributed by atoms with Crippen LogP contribution in [-0.4, -0.2) is 18.4 Å². The zero-order chi connectivity index (χ0) is 8.27. The number of nitrogens with one attached hydrogen (secondary N) is 1. The van der Waals surface area contributed by atoms with Crippen molar-refractivity contribution in [2.75, 3.05) is 6.54 Å². The first kappa shape index (κ1) is 8.72. The molecule has 1 saturated carbocycles. The van der Waals surface area contributed by atoms with Gasteiger partial charge in [0.15, 0.2) is 0 Å². The Balaban J connectivity index is 2.13. The van der Waals surface area contributed by atoms with Crippen LogP contribution in [0.4, 0.5) is 0 Å². The third-order valence-electron chi connectivity index (χ3n) is 2.16. The molecule has 64 valence electrons. The van der Waals surface area contributed by atoms with Gasteiger partial charge in [-0.1, -0.05) is 13.8 Å². The molecule has 0 heterocycles. The molecule has 2 heteroatoms. The maximum Gasteiger partial charge on any atom is 0.133 e. The Morgan fingerprint density at radius 2 is 2.36 bits per heavy atom. The molecule has 0 unspecified atom stereocenters. The summed E-state index contributed by atoms with van der Waals surface area (Å²) in [5, 5.41) is 3.36. The molecule has 0 aromatic carbocycles. The van der Waals surface area contributed by atoms with Crippen LogP contribution in [0.25, 0.3) is 0 Å². The highest BCUT2D eigenvalue weighted by Gasteiger charge is 2.21. The van der Waals surface area contributed by atoms with E-state index in [-0.39, 0.29) is 0 Å². The van der Waals surface area contributed by atoms with E-state index in [1.807, 2.05) is 0 Å². The number of rotatable bonds is 3. The molecule has 1 aliphatic carbocycles. The Morgan fingerprint density at radius 3 is 2.82 bits per heavy atom. The lowest BCUT2D eigenvalue weighted by Crippen LogP contribution is -2.27. The van der Waals surface area contributed by atoms with Crippen LogP contribution in [0.15, 0.2) is 0 Å². The van der Waals surface area contributed by atoms with Gasteiger partial charge >= 0.3 is 0 Å². The number of ketones is 1. The molecular weight excluding hydrogens is 138 g/mol. The second kappa shape index (κ2) is 3.86. The smallest absolute Gasteiger partial charge is 0.133 e. The summed E-state index contributed by atoms with van der Waals surface area (Å²) in [6.07, 6.45) is 2.71. The normalized spacial score (nSPS) is 25.0. The van der Waals surface area contributed by atoms with Gasteiger partial charge in [0.1, 0.15) is 5.78 Å². The van der Waals surface area contributed by atoms with Gasteiger partial charge in [0.05, 0.1) is 0 Å². The topological polar surface area (TPSA) is 29.1 Å². The summed E-state index contributed by atoms with van der Waals surface area (Å²) in [5.41, 5.74) is 0. The Labute approximate surface area is 68.4 Å². The first-order valence-electron chi connectivity index (χ1n) is 4.43. The maximum absolute atomic E-state index is 10.9. The van der Waals surface area contributed by atoms with Crippen molar-refractivity contribution < 1.29 is 4.79 Å². The fourth-order valence-corrected chi connectivity index (χ4v) is 1.47. The standard InChI is InChI=1S/C9H17NO/c1-7(2)10-6-8-3-4-9(11)5-8/h7-8,10H,3-6H2,1-2H3/t8-/m1/s1. The molecule has 0 radical (unpaired) electrons. The minimum absolute atomic E-state index is 0.445. The Bertz CT molecular complexity index is 142. The first-order valence-corrected chi connectivity index (χ1v) is 4.43. The maximum atomic E-state index is 10.9. The lowest BCUT2D eigenvalue weighted by atomic mass is 10.1. The summed E-state index contributed by atoms with van der Waals surface area (Å²) in [6, 6.07) is 0.547. The first-order chi connectivity index (χ1) is 5.18. The van der Waals surface area contributed by atoms with Gasteiger partial charge in [0, 0.05) is 18.9 Å². The lowest BCUT2D eigenvalue weighted by molar-refractivity contribution is -0.117. The van der Waals surface area contributed by atoms with Gasteiger partial charge < -0.3 is 5.32 Å². The van der Waals surface area contributed by atoms with E-state index in [1.54, 1.807) is 0 Å². The minimum atomic E-state index is 0.445. The highest BCUT2D eigenvalue weighted by atomic mass is 16.1. The van der Waals surface area contributed by atoms with E-state index in [4.69, 9.17) is 0 Å². The Morgan fingerprint density at radius 1 is 1.64 bits per heavy atom. The van der Waals surface area contributed by atoms with Crippen molar-refractivity contribution in [3.05, 3.63) is 0 Å². The van der Waals surface area contributed by atoms with Crippen LogP contribution in [-0.2, 0) is 4.79 Å². The summed E-state index contributed by atoms with van der Waals surface area (Å²) in [4.78, 5) is 10.9. The molecule has 1 fully saturated rings. The number of Topliss-reactive ketones (excluding diaryl/α,β-unsaturated/α-hetero) is 1. The predicted molar refractivity (Wildman–Crippen MR) is 45.5 cm³/mol. The van der Waals surface area contributed by atoms with Gasteiger partial charge in [-0.25, -0.2) is 0 Å². The van der Waals surface area contributed by atoms with E-state index >= 15 is 0 Å². The van der Waals surface area contributed by atoms with Crippen LogP contribution in [0, 0.1) is 5.92 Å². The van der Waals surface area contributed by atoms with Crippen molar-refractivity contribution >= 4 is 5.78 Å². The van der Waals surface area contributed by atoms with Gasteiger partial charge in [-0.2, -0.15) is 0 Å². The second-order valence-corrected chi connectivity index (χ2v) is 3.71. The van der Waals surface area contributed by atoms with Gasteiger partial charge in [0.2, 0.25) is 0 Å². The molecule has 0 amide bonds. The summed E-state index contributed by atoms with van der Waals surface area (Å²) in [7, 11) is 0. The zero-order valence-corrected chi connectivity index (χ0v) is 7.39. The Kier molecular flexibility index (Phi) is 3.06. The van der Waals surface area contributed by atoms with Crippen LogP contribution >= 0.6 is 0 Å². The molecular formula is C9H17NO. The molecule has 2 nitrogen and oxygen atoms in total. The van der Waals surface area contributed by atoms with E-state index in [9.17, 15) is 4.79 Å². The van der Waals surface area contributed by atoms with E-state index in [0.29, 0.717) is 17.7 Å². The van der Waals surface area contributed by atoms with Crippen molar-refractivity contribution in [1.29, 1.82) is 0 Å². The molecule has 11 heavy (non-hydrogen) atoms. The Hall–Kier alpha value is -0.370. The monoisotopic (exact) mass is 155 g/mol. The fourth-order valence-electron chi connectivity index (χ4n) is 1.47. The second-order valence-electron chi connectivity index (χ2n) is 3.71. The average molecular weight is 155 g/mol. The fraction of sp³-hybridized carbons (Fsp3) is 0.889. The molecule has 1 aliphatic rings. The van der Waals surface area contributed by atoms with Crippen molar-refractivity contribution in [2.24, 2.45) is 5.92 Å². The van der Waals surface area contributed by atoms with E-state index in [1.165, 1.54) is 0 Å². The third kappa shape index (κ3) is 3.02. The van der Waals surface area contributed by atoms with E-state index in [0.717, 1.165) is 25.8 Å². The molecule has 0 bridgehead atoms. The number of carbonyl (C=O) groups is 1. The summed E-state index contributed by atoms with van der Waals surface area (Å²) in [6.45, 7) is 5.29. The third-order valence-corrected chi connectivity index (χ3v) is 2.16. The van der Waals surface area contributed by atoms with Crippen LogP contribution in [0.5, 0.6) is 0 Å². The number of carbonyl (C=O) groups excluding carboxylic acids is 1. The molecule has 0 saturated heterocycles. The largest absolute Gasteiger partial charge is 0.314 e. The van der Waals surface area contributed by atoms with Gasteiger partial charge in [-0.15, -0.1) is 0 Å². The van der Waals surface area contributed by atoms with E-state index in [2.05, 4.69) is 19.2 Å². The summed E-state index contributed by atoms with van der Waals surface area (Å²) in [5.74, 6) is 1.06. The van der Waals surface area contributed by atoms with Crippen LogP contribution < -0.4 is 5.32 Å².